The number of Topliss-reactive ketones (excluding diaryl/α,β-unsaturated/α-hetero) is 2. The number of likely N-dealkylation sites (tertiary alicyclic amines) is 1. The average Bonchev–Trinajstić information content (AvgIpc) is 3.45. The second-order valence-corrected chi connectivity index (χ2v) is 11.0. The second kappa shape index (κ2) is 7.18. The summed E-state index contributed by atoms with van der Waals surface area (Å²) in [6.07, 6.45) is 2.52. The van der Waals surface area contributed by atoms with Crippen LogP contribution in [0.4, 0.5) is 0 Å². The molecule has 2 unspecified atom stereocenters. The Morgan fingerprint density at radius 1 is 1.14 bits per heavy atom. The Hall–Kier alpha value is -1.76. The van der Waals surface area contributed by atoms with E-state index in [4.69, 9.17) is 11.5 Å². The highest BCUT2D eigenvalue weighted by molar-refractivity contribution is 6.36. The minimum atomic E-state index is -0.984. The SMILES string of the molecule is CC(C)(C)[C@H](N)C(=O)N1CC2[C@@H]([C@H]1C(=O)CC(CC1CC1)C(=O)C(N)=O)C2(C)C. The molecule has 2 aliphatic carbocycles. The van der Waals surface area contributed by atoms with E-state index < -0.39 is 35.1 Å². The molecule has 7 heteroatoms. The Morgan fingerprint density at radius 2 is 1.72 bits per heavy atom. The van der Waals surface area contributed by atoms with E-state index in [1.807, 2.05) is 20.8 Å². The minimum Gasteiger partial charge on any atom is -0.363 e. The number of hydrogen-bond donors (Lipinski definition) is 2. The fraction of sp³-hybridized carbons (Fsp3) is 0.818. The topological polar surface area (TPSA) is 124 Å². The first-order chi connectivity index (χ1) is 13.3. The van der Waals surface area contributed by atoms with E-state index in [1.165, 1.54) is 0 Å². The lowest BCUT2D eigenvalue weighted by molar-refractivity contribution is -0.144. The van der Waals surface area contributed by atoms with E-state index in [0.717, 1.165) is 12.8 Å². The first-order valence-electron chi connectivity index (χ1n) is 10.7. The number of hydrogen-bond acceptors (Lipinski definition) is 5. The van der Waals surface area contributed by atoms with Gasteiger partial charge in [-0.2, -0.15) is 0 Å². The molecule has 162 valence electrons. The van der Waals surface area contributed by atoms with E-state index >= 15 is 0 Å². The number of carbonyl (C=O) groups excluding carboxylic acids is 4. The Kier molecular flexibility index (Phi) is 5.43. The molecule has 0 aromatic heterocycles. The molecule has 2 saturated carbocycles. The molecular formula is C22H35N3O4. The van der Waals surface area contributed by atoms with Crippen LogP contribution in [0.1, 0.15) is 60.3 Å². The van der Waals surface area contributed by atoms with Crippen molar-refractivity contribution in [3.05, 3.63) is 0 Å². The highest BCUT2D eigenvalue weighted by atomic mass is 16.2. The zero-order valence-electron chi connectivity index (χ0n) is 18.2. The van der Waals surface area contributed by atoms with Gasteiger partial charge in [-0.25, -0.2) is 0 Å². The molecule has 0 bridgehead atoms. The van der Waals surface area contributed by atoms with Crippen molar-refractivity contribution >= 4 is 23.4 Å². The fourth-order valence-corrected chi connectivity index (χ4v) is 5.04. The molecule has 1 aliphatic heterocycles. The van der Waals surface area contributed by atoms with Crippen LogP contribution in [0, 0.1) is 34.5 Å². The molecule has 4 N–H and O–H groups in total. The molecule has 3 rings (SSSR count). The molecule has 0 aromatic rings. The van der Waals surface area contributed by atoms with Crippen LogP contribution in [0.3, 0.4) is 0 Å². The summed E-state index contributed by atoms with van der Waals surface area (Å²) in [4.78, 5) is 51.9. The lowest BCUT2D eigenvalue weighted by Crippen LogP contribution is -2.55. The number of nitrogens with zero attached hydrogens (tertiary/aromatic N) is 1. The molecule has 0 aromatic carbocycles. The van der Waals surface area contributed by atoms with Crippen LogP contribution in [0.2, 0.25) is 0 Å². The molecule has 0 spiro atoms. The van der Waals surface area contributed by atoms with Crippen LogP contribution in [0.15, 0.2) is 0 Å². The smallest absolute Gasteiger partial charge is 0.285 e. The van der Waals surface area contributed by atoms with E-state index in [-0.39, 0.29) is 35.4 Å². The predicted molar refractivity (Wildman–Crippen MR) is 108 cm³/mol. The van der Waals surface area contributed by atoms with Gasteiger partial charge in [0.25, 0.3) is 5.91 Å². The lowest BCUT2D eigenvalue weighted by Gasteiger charge is -2.36. The summed E-state index contributed by atoms with van der Waals surface area (Å²) in [7, 11) is 0. The first-order valence-corrected chi connectivity index (χ1v) is 10.7. The number of fused-ring (bicyclic) bond motifs is 1. The van der Waals surface area contributed by atoms with Crippen LogP contribution in [0.25, 0.3) is 0 Å². The van der Waals surface area contributed by atoms with Crippen molar-refractivity contribution in [3.63, 3.8) is 0 Å². The summed E-state index contributed by atoms with van der Waals surface area (Å²) in [5.41, 5.74) is 11.0. The number of piperidine rings is 1. The van der Waals surface area contributed by atoms with Crippen LogP contribution < -0.4 is 11.5 Å². The van der Waals surface area contributed by atoms with Gasteiger partial charge >= 0.3 is 0 Å². The van der Waals surface area contributed by atoms with Crippen molar-refractivity contribution in [1.29, 1.82) is 0 Å². The average molecular weight is 406 g/mol. The third-order valence-electron chi connectivity index (χ3n) is 7.40. The maximum atomic E-state index is 13.4. The number of amides is 2. The van der Waals surface area contributed by atoms with Crippen LogP contribution >= 0.6 is 0 Å². The van der Waals surface area contributed by atoms with Crippen LogP contribution in [0.5, 0.6) is 0 Å². The Balaban J connectivity index is 1.79. The van der Waals surface area contributed by atoms with Gasteiger partial charge in [0.2, 0.25) is 11.7 Å². The molecule has 1 heterocycles. The monoisotopic (exact) mass is 405 g/mol. The fourth-order valence-electron chi connectivity index (χ4n) is 5.04. The van der Waals surface area contributed by atoms with Crippen molar-refractivity contribution in [1.82, 2.24) is 4.90 Å². The van der Waals surface area contributed by atoms with Gasteiger partial charge < -0.3 is 16.4 Å². The molecular weight excluding hydrogens is 370 g/mol. The number of rotatable bonds is 8. The van der Waals surface area contributed by atoms with Crippen molar-refractivity contribution in [2.75, 3.05) is 6.54 Å². The Labute approximate surface area is 172 Å². The molecule has 29 heavy (non-hydrogen) atoms. The van der Waals surface area contributed by atoms with Gasteiger partial charge in [-0.05, 0) is 35.0 Å². The highest BCUT2D eigenvalue weighted by Gasteiger charge is 2.69. The molecule has 3 fully saturated rings. The predicted octanol–water partition coefficient (Wildman–Crippen LogP) is 1.27. The normalized spacial score (nSPS) is 29.7. The molecule has 5 atom stereocenters. The van der Waals surface area contributed by atoms with Crippen LogP contribution in [-0.2, 0) is 19.2 Å². The quantitative estimate of drug-likeness (QED) is 0.589. The first kappa shape index (κ1) is 21.9. The number of nitrogens with two attached hydrogens (primary N) is 2. The largest absolute Gasteiger partial charge is 0.363 e. The molecule has 2 amide bonds. The molecule has 3 aliphatic rings. The van der Waals surface area contributed by atoms with Gasteiger partial charge in [0, 0.05) is 18.9 Å². The van der Waals surface area contributed by atoms with Gasteiger partial charge in [-0.15, -0.1) is 0 Å². The summed E-state index contributed by atoms with van der Waals surface area (Å²) >= 11 is 0. The number of ketones is 2. The van der Waals surface area contributed by atoms with Crippen molar-refractivity contribution in [2.24, 2.45) is 46.0 Å². The van der Waals surface area contributed by atoms with E-state index in [9.17, 15) is 19.2 Å². The zero-order valence-corrected chi connectivity index (χ0v) is 18.2. The van der Waals surface area contributed by atoms with E-state index in [0.29, 0.717) is 18.9 Å². The van der Waals surface area contributed by atoms with Gasteiger partial charge in [0.05, 0.1) is 12.1 Å². The summed E-state index contributed by atoms with van der Waals surface area (Å²) in [6, 6.07) is -1.27. The molecule has 1 saturated heterocycles. The van der Waals surface area contributed by atoms with Gasteiger partial charge in [0.15, 0.2) is 5.78 Å². The van der Waals surface area contributed by atoms with Crippen molar-refractivity contribution in [2.45, 2.75) is 72.4 Å². The Morgan fingerprint density at radius 3 is 2.21 bits per heavy atom. The standard InChI is InChI=1S/C22H35N3O4/c1-21(2,3)18(23)20(29)25-10-13-15(22(13,4)5)16(25)14(26)9-12(8-11-6-7-11)17(27)19(24)28/h11-13,15-16,18H,6-10,23H2,1-5H3,(H2,24,28)/t12?,13?,15-,16+,18+/m0/s1. The molecule has 7 nitrogen and oxygen atoms in total. The summed E-state index contributed by atoms with van der Waals surface area (Å²) < 4.78 is 0. The number of primary amides is 1. The summed E-state index contributed by atoms with van der Waals surface area (Å²) in [5.74, 6) is -1.95. The van der Waals surface area contributed by atoms with Crippen molar-refractivity contribution < 1.29 is 19.2 Å². The number of carbonyl (C=O) groups is 4. The van der Waals surface area contributed by atoms with Crippen molar-refractivity contribution in [3.8, 4) is 0 Å². The third kappa shape index (κ3) is 4.11. The second-order valence-electron chi connectivity index (χ2n) is 11.0. The Bertz CT molecular complexity index is 735. The van der Waals surface area contributed by atoms with E-state index in [2.05, 4.69) is 13.8 Å². The van der Waals surface area contributed by atoms with Crippen LogP contribution in [-0.4, -0.2) is 46.9 Å². The third-order valence-corrected chi connectivity index (χ3v) is 7.40. The summed E-state index contributed by atoms with van der Waals surface area (Å²) in [6.45, 7) is 10.5. The zero-order chi connectivity index (χ0) is 21.9. The maximum Gasteiger partial charge on any atom is 0.285 e. The summed E-state index contributed by atoms with van der Waals surface area (Å²) in [5, 5.41) is 0. The van der Waals surface area contributed by atoms with Gasteiger partial charge in [-0.3, -0.25) is 19.2 Å². The van der Waals surface area contributed by atoms with Gasteiger partial charge in [-0.1, -0.05) is 47.5 Å². The van der Waals surface area contributed by atoms with E-state index in [1.54, 1.807) is 4.90 Å². The van der Waals surface area contributed by atoms with Gasteiger partial charge in [0.1, 0.15) is 0 Å². The molecule has 0 radical (unpaired) electrons. The maximum absolute atomic E-state index is 13.4. The highest BCUT2D eigenvalue weighted by Crippen LogP contribution is 2.65. The minimum absolute atomic E-state index is 0.0113. The lowest BCUT2D eigenvalue weighted by atomic mass is 9.84.